The van der Waals surface area contributed by atoms with Crippen LogP contribution in [0.2, 0.25) is 0 Å². The predicted octanol–water partition coefficient (Wildman–Crippen LogP) is 3.48. The zero-order chi connectivity index (χ0) is 14.1. The molecule has 1 saturated heterocycles. The van der Waals surface area contributed by atoms with Gasteiger partial charge in [-0.3, -0.25) is 4.90 Å². The van der Waals surface area contributed by atoms with E-state index in [2.05, 4.69) is 59.5 Å². The van der Waals surface area contributed by atoms with Crippen LogP contribution in [-0.2, 0) is 6.42 Å². The minimum absolute atomic E-state index is 0.370. The van der Waals surface area contributed by atoms with E-state index < -0.39 is 0 Å². The number of ether oxygens (including phenoxy) is 1. The van der Waals surface area contributed by atoms with Crippen LogP contribution in [0.15, 0.2) is 54.6 Å². The van der Waals surface area contributed by atoms with Crippen molar-refractivity contribution in [2.75, 3.05) is 19.6 Å². The van der Waals surface area contributed by atoms with Gasteiger partial charge in [-0.05, 0) is 30.0 Å². The first-order valence-corrected chi connectivity index (χ1v) is 7.90. The van der Waals surface area contributed by atoms with Crippen molar-refractivity contribution in [3.63, 3.8) is 0 Å². The first-order valence-electron chi connectivity index (χ1n) is 7.90. The van der Waals surface area contributed by atoms with Crippen molar-refractivity contribution in [3.05, 3.63) is 65.7 Å². The van der Waals surface area contributed by atoms with Gasteiger partial charge in [0.25, 0.3) is 0 Å². The summed E-state index contributed by atoms with van der Waals surface area (Å²) in [5, 5.41) is 0. The molecule has 2 aliphatic heterocycles. The van der Waals surface area contributed by atoms with Crippen molar-refractivity contribution >= 4 is 0 Å². The van der Waals surface area contributed by atoms with Crippen LogP contribution in [0.1, 0.15) is 23.5 Å². The smallest absolute Gasteiger partial charge is 0.123 e. The Bertz CT molecular complexity index is 610. The van der Waals surface area contributed by atoms with Gasteiger partial charge in [0.1, 0.15) is 11.9 Å². The standard InChI is InChI=1S/C19H21NO/c1-2-6-15(7-3-1)10-11-20-13-16-12-17(14-20)21-19-9-5-4-8-18(16)19/h1-9,16-17H,10-14H2. The molecule has 21 heavy (non-hydrogen) atoms. The van der Waals surface area contributed by atoms with Crippen LogP contribution in [-0.4, -0.2) is 30.6 Å². The van der Waals surface area contributed by atoms with Gasteiger partial charge in [-0.1, -0.05) is 48.5 Å². The normalized spacial score (nSPS) is 24.2. The number of para-hydroxylation sites is 1. The summed E-state index contributed by atoms with van der Waals surface area (Å²) in [5.41, 5.74) is 2.83. The molecule has 2 bridgehead atoms. The average molecular weight is 279 g/mol. The third-order valence-electron chi connectivity index (χ3n) is 4.70. The van der Waals surface area contributed by atoms with Crippen LogP contribution < -0.4 is 4.74 Å². The second kappa shape index (κ2) is 5.53. The number of nitrogens with zero attached hydrogens (tertiary/aromatic N) is 1. The fraction of sp³-hybridized carbons (Fsp3) is 0.368. The van der Waals surface area contributed by atoms with E-state index in [0.29, 0.717) is 12.0 Å². The van der Waals surface area contributed by atoms with E-state index in [0.717, 1.165) is 25.3 Å². The summed E-state index contributed by atoms with van der Waals surface area (Å²) >= 11 is 0. The lowest BCUT2D eigenvalue weighted by Crippen LogP contribution is -2.47. The van der Waals surface area contributed by atoms with Crippen molar-refractivity contribution in [2.24, 2.45) is 0 Å². The molecular weight excluding hydrogens is 258 g/mol. The van der Waals surface area contributed by atoms with E-state index in [4.69, 9.17) is 4.74 Å². The predicted molar refractivity (Wildman–Crippen MR) is 84.8 cm³/mol. The van der Waals surface area contributed by atoms with E-state index in [1.165, 1.54) is 24.1 Å². The van der Waals surface area contributed by atoms with E-state index in [1.54, 1.807) is 0 Å². The van der Waals surface area contributed by atoms with Gasteiger partial charge >= 0.3 is 0 Å². The molecule has 2 unspecified atom stereocenters. The molecule has 2 nitrogen and oxygen atoms in total. The summed E-state index contributed by atoms with van der Waals surface area (Å²) < 4.78 is 6.14. The summed E-state index contributed by atoms with van der Waals surface area (Å²) in [6, 6.07) is 19.3. The zero-order valence-corrected chi connectivity index (χ0v) is 12.2. The van der Waals surface area contributed by atoms with Crippen LogP contribution in [0.4, 0.5) is 0 Å². The van der Waals surface area contributed by atoms with Gasteiger partial charge in [0, 0.05) is 25.6 Å². The van der Waals surface area contributed by atoms with Crippen molar-refractivity contribution < 1.29 is 4.74 Å². The van der Waals surface area contributed by atoms with E-state index in [-0.39, 0.29) is 0 Å². The molecule has 4 rings (SSSR count). The summed E-state index contributed by atoms with van der Waals surface area (Å²) in [7, 11) is 0. The maximum absolute atomic E-state index is 6.14. The zero-order valence-electron chi connectivity index (χ0n) is 12.2. The molecule has 2 heterocycles. The first-order chi connectivity index (χ1) is 10.4. The van der Waals surface area contributed by atoms with Gasteiger partial charge in [0.2, 0.25) is 0 Å². The first kappa shape index (κ1) is 12.9. The second-order valence-electron chi connectivity index (χ2n) is 6.21. The summed E-state index contributed by atoms with van der Waals surface area (Å²) in [6.07, 6.45) is 2.68. The fourth-order valence-electron chi connectivity index (χ4n) is 3.67. The maximum Gasteiger partial charge on any atom is 0.123 e. The molecule has 0 spiro atoms. The molecule has 0 radical (unpaired) electrons. The molecule has 2 heteroatoms. The summed E-state index contributed by atoms with van der Waals surface area (Å²) in [5.74, 6) is 1.76. The highest BCUT2D eigenvalue weighted by Gasteiger charge is 2.34. The largest absolute Gasteiger partial charge is 0.489 e. The Morgan fingerprint density at radius 1 is 0.952 bits per heavy atom. The van der Waals surface area contributed by atoms with E-state index in [1.807, 2.05) is 0 Å². The molecule has 2 aromatic carbocycles. The number of fused-ring (bicyclic) bond motifs is 4. The van der Waals surface area contributed by atoms with Gasteiger partial charge in [0.05, 0.1) is 0 Å². The lowest BCUT2D eigenvalue weighted by molar-refractivity contribution is 0.0578. The molecule has 1 fully saturated rings. The molecule has 0 N–H and O–H groups in total. The summed E-state index contributed by atoms with van der Waals surface area (Å²) in [4.78, 5) is 2.57. The molecule has 2 atom stereocenters. The third kappa shape index (κ3) is 2.68. The quantitative estimate of drug-likeness (QED) is 0.853. The molecule has 2 aromatic rings. The van der Waals surface area contributed by atoms with Crippen LogP contribution in [0.3, 0.4) is 0 Å². The molecule has 0 amide bonds. The maximum atomic E-state index is 6.14. The van der Waals surface area contributed by atoms with Crippen molar-refractivity contribution in [1.82, 2.24) is 4.90 Å². The average Bonchev–Trinajstić information content (AvgIpc) is 2.54. The third-order valence-corrected chi connectivity index (χ3v) is 4.70. The fourth-order valence-corrected chi connectivity index (χ4v) is 3.67. The van der Waals surface area contributed by atoms with Gasteiger partial charge in [-0.2, -0.15) is 0 Å². The Kier molecular flexibility index (Phi) is 3.40. The monoisotopic (exact) mass is 279 g/mol. The van der Waals surface area contributed by atoms with Crippen LogP contribution >= 0.6 is 0 Å². The summed E-state index contributed by atoms with van der Waals surface area (Å²) in [6.45, 7) is 3.36. The highest BCUT2D eigenvalue weighted by atomic mass is 16.5. The van der Waals surface area contributed by atoms with E-state index >= 15 is 0 Å². The highest BCUT2D eigenvalue weighted by Crippen LogP contribution is 2.39. The Morgan fingerprint density at radius 2 is 1.76 bits per heavy atom. The second-order valence-corrected chi connectivity index (χ2v) is 6.21. The van der Waals surface area contributed by atoms with Gasteiger partial charge < -0.3 is 4.74 Å². The number of benzene rings is 2. The van der Waals surface area contributed by atoms with E-state index in [9.17, 15) is 0 Å². The number of hydrogen-bond acceptors (Lipinski definition) is 2. The van der Waals surface area contributed by atoms with Crippen LogP contribution in [0.25, 0.3) is 0 Å². The van der Waals surface area contributed by atoms with Crippen LogP contribution in [0.5, 0.6) is 5.75 Å². The SMILES string of the molecule is c1ccc(CCN2CC3CC(C2)c2ccccc2O3)cc1. The van der Waals surface area contributed by atoms with Crippen molar-refractivity contribution in [1.29, 1.82) is 0 Å². The van der Waals surface area contributed by atoms with Gasteiger partial charge in [-0.25, -0.2) is 0 Å². The van der Waals surface area contributed by atoms with Crippen molar-refractivity contribution in [3.8, 4) is 5.75 Å². The Morgan fingerprint density at radius 3 is 2.67 bits per heavy atom. The molecule has 0 aromatic heterocycles. The lowest BCUT2D eigenvalue weighted by Gasteiger charge is -2.42. The van der Waals surface area contributed by atoms with Gasteiger partial charge in [0.15, 0.2) is 0 Å². The molecular formula is C19H21NO. The number of piperidine rings is 1. The molecule has 0 saturated carbocycles. The highest BCUT2D eigenvalue weighted by molar-refractivity contribution is 5.39. The minimum atomic E-state index is 0.370. The molecule has 0 aliphatic carbocycles. The van der Waals surface area contributed by atoms with Crippen molar-refractivity contribution in [2.45, 2.75) is 24.9 Å². The number of rotatable bonds is 3. The van der Waals surface area contributed by atoms with Gasteiger partial charge in [-0.15, -0.1) is 0 Å². The van der Waals surface area contributed by atoms with Crippen LogP contribution in [0, 0.1) is 0 Å². The Balaban J connectivity index is 1.44. The molecule has 108 valence electrons. The number of hydrogen-bond donors (Lipinski definition) is 0. The minimum Gasteiger partial charge on any atom is -0.489 e. The Hall–Kier alpha value is -1.80. The Labute approximate surface area is 126 Å². The lowest BCUT2D eigenvalue weighted by atomic mass is 9.86. The molecule has 2 aliphatic rings. The number of likely N-dealkylation sites (tertiary alicyclic amines) is 1. The topological polar surface area (TPSA) is 12.5 Å².